The van der Waals surface area contributed by atoms with Gasteiger partial charge in [-0.25, -0.2) is 0 Å². The van der Waals surface area contributed by atoms with Crippen molar-refractivity contribution < 1.29 is 0 Å². The molecule has 0 aromatic heterocycles. The zero-order chi connectivity index (χ0) is 23.4. The van der Waals surface area contributed by atoms with Crippen LogP contribution in [0.15, 0.2) is 18.2 Å². The van der Waals surface area contributed by atoms with Gasteiger partial charge in [0.2, 0.25) is 0 Å². The first-order valence-electron chi connectivity index (χ1n) is 12.5. The number of allylic oxidation sites excluding steroid dienone is 4. The monoisotopic (exact) mass is 522 g/mol. The van der Waals surface area contributed by atoms with E-state index >= 15 is 0 Å². The Kier molecular flexibility index (Phi) is 7.86. The van der Waals surface area contributed by atoms with Crippen LogP contribution in [0.1, 0.15) is 103 Å². The van der Waals surface area contributed by atoms with Gasteiger partial charge < -0.3 is 0 Å². The van der Waals surface area contributed by atoms with E-state index in [9.17, 15) is 0 Å². The molecule has 0 amide bonds. The van der Waals surface area contributed by atoms with E-state index in [1.165, 1.54) is 19.5 Å². The Balaban J connectivity index is 2.99. The first kappa shape index (κ1) is 26.5. The van der Waals surface area contributed by atoms with Gasteiger partial charge in [-0.05, 0) is 0 Å². The molecule has 2 nitrogen and oxygen atoms in total. The fourth-order valence-electron chi connectivity index (χ4n) is 6.98. The molecule has 0 atom stereocenters. The second-order valence-corrected chi connectivity index (χ2v) is 24.1. The predicted octanol–water partition coefficient (Wildman–Crippen LogP) is 7.27. The summed E-state index contributed by atoms with van der Waals surface area (Å²) in [5.41, 5.74) is 3.91. The standard InChI is InChI=1S/C15H27B.C11H24N2.Sn/c1-9-14(11(3)4)15(10-2)16(12(5)6)13(7)8;1-10(2,3)12-8-7-9-13-11(4,5)6;/h11-13H,1-8H3;7-9H2,1-6H3;/q;-2;+2. The van der Waals surface area contributed by atoms with Crippen LogP contribution < -0.4 is 0 Å². The van der Waals surface area contributed by atoms with Crippen LogP contribution in [0.3, 0.4) is 0 Å². The molecule has 0 aromatic carbocycles. The fraction of sp³-hybridized carbons (Fsp3) is 0.846. The third-order valence-electron chi connectivity index (χ3n) is 7.66. The van der Waals surface area contributed by atoms with Crippen molar-refractivity contribution in [3.63, 3.8) is 0 Å². The second-order valence-electron chi connectivity index (χ2n) is 12.9. The summed E-state index contributed by atoms with van der Waals surface area (Å²) in [6.07, 6.45) is 1.29. The molecule has 2 rings (SSSR count). The van der Waals surface area contributed by atoms with Crippen molar-refractivity contribution in [2.45, 2.75) is 126 Å². The predicted molar refractivity (Wildman–Crippen MR) is 139 cm³/mol. The Bertz CT molecular complexity index is 674. The minimum atomic E-state index is -3.23. The SMILES string of the molecule is C[C]1=C(B(C(C)C)C(C)C)C(C(C)C)=[C](C)[Sn]12[N](C(C)(C)C)CCC[N]2C(C)(C)C. The Hall–Kier alpha value is 0.264. The van der Waals surface area contributed by atoms with Gasteiger partial charge in [0.25, 0.3) is 0 Å². The molecule has 172 valence electrons. The van der Waals surface area contributed by atoms with Gasteiger partial charge in [-0.15, -0.1) is 0 Å². The first-order valence-corrected chi connectivity index (χ1v) is 17.9. The summed E-state index contributed by atoms with van der Waals surface area (Å²) in [6.45, 7) is 37.8. The van der Waals surface area contributed by atoms with Crippen molar-refractivity contribution in [3.05, 3.63) is 18.2 Å². The van der Waals surface area contributed by atoms with Gasteiger partial charge in [-0.2, -0.15) is 0 Å². The summed E-state index contributed by atoms with van der Waals surface area (Å²) in [4.78, 5) is 0. The van der Waals surface area contributed by atoms with Gasteiger partial charge >= 0.3 is 195 Å². The zero-order valence-electron chi connectivity index (χ0n) is 22.8. The summed E-state index contributed by atoms with van der Waals surface area (Å²) < 4.78 is 9.73. The molecule has 1 spiro atoms. The van der Waals surface area contributed by atoms with Crippen LogP contribution in [-0.2, 0) is 0 Å². The third-order valence-corrected chi connectivity index (χ3v) is 24.7. The minimum absolute atomic E-state index is 0.200. The van der Waals surface area contributed by atoms with Crippen molar-refractivity contribution in [1.82, 2.24) is 6.24 Å². The first-order chi connectivity index (χ1) is 13.5. The van der Waals surface area contributed by atoms with Gasteiger partial charge in [0.1, 0.15) is 0 Å². The molecule has 0 saturated carbocycles. The van der Waals surface area contributed by atoms with Crippen LogP contribution in [0.4, 0.5) is 0 Å². The quantitative estimate of drug-likeness (QED) is 0.359. The molecule has 2 heterocycles. The van der Waals surface area contributed by atoms with E-state index in [2.05, 4.69) is 103 Å². The van der Waals surface area contributed by atoms with Crippen LogP contribution in [0.5, 0.6) is 0 Å². The van der Waals surface area contributed by atoms with E-state index in [0.717, 1.165) is 0 Å². The molecule has 0 bridgehead atoms. The van der Waals surface area contributed by atoms with E-state index in [1.807, 2.05) is 7.18 Å². The number of nitrogens with zero attached hydrogens (tertiary/aromatic N) is 2. The summed E-state index contributed by atoms with van der Waals surface area (Å²) in [5.74, 6) is 1.94. The molecule has 2 aliphatic heterocycles. The van der Waals surface area contributed by atoms with E-state index in [4.69, 9.17) is 0 Å². The fourth-order valence-corrected chi connectivity index (χ4v) is 26.5. The maximum atomic E-state index is 3.05. The molecule has 30 heavy (non-hydrogen) atoms. The van der Waals surface area contributed by atoms with Crippen LogP contribution in [0, 0.1) is 5.92 Å². The summed E-state index contributed by atoms with van der Waals surface area (Å²) in [6, 6.07) is 0. The topological polar surface area (TPSA) is 6.48 Å². The van der Waals surface area contributed by atoms with Gasteiger partial charge in [0.15, 0.2) is 0 Å². The molecule has 2 aliphatic rings. The van der Waals surface area contributed by atoms with Crippen molar-refractivity contribution >= 4 is 25.6 Å². The molecule has 0 N–H and O–H groups in total. The van der Waals surface area contributed by atoms with E-state index in [0.29, 0.717) is 24.3 Å². The van der Waals surface area contributed by atoms with E-state index in [-0.39, 0.29) is 11.1 Å². The summed E-state index contributed by atoms with van der Waals surface area (Å²) >= 11 is -3.23. The third kappa shape index (κ3) is 4.26. The Morgan fingerprint density at radius 3 is 1.43 bits per heavy atom. The van der Waals surface area contributed by atoms with Crippen molar-refractivity contribution in [2.75, 3.05) is 13.1 Å². The molecule has 1 fully saturated rings. The number of hydrogen-bond acceptors (Lipinski definition) is 2. The Labute approximate surface area is 194 Å². The zero-order valence-corrected chi connectivity index (χ0v) is 25.7. The average molecular weight is 521 g/mol. The molecule has 1 saturated heterocycles. The van der Waals surface area contributed by atoms with Gasteiger partial charge in [0, 0.05) is 0 Å². The van der Waals surface area contributed by atoms with Crippen molar-refractivity contribution in [3.8, 4) is 0 Å². The molecule has 0 aromatic rings. The van der Waals surface area contributed by atoms with Gasteiger partial charge in [-0.3, -0.25) is 0 Å². The van der Waals surface area contributed by atoms with E-state index < -0.39 is 18.9 Å². The molecule has 0 unspecified atom stereocenters. The second kappa shape index (κ2) is 8.90. The molecule has 0 aliphatic carbocycles. The van der Waals surface area contributed by atoms with E-state index in [1.54, 1.807) is 11.0 Å². The van der Waals surface area contributed by atoms with Crippen LogP contribution in [0.25, 0.3) is 0 Å². The molecular formula is C26H51BN2Sn. The van der Waals surface area contributed by atoms with Crippen molar-refractivity contribution in [2.24, 2.45) is 5.92 Å². The van der Waals surface area contributed by atoms with Gasteiger partial charge in [0.05, 0.1) is 0 Å². The Morgan fingerprint density at radius 2 is 1.13 bits per heavy atom. The summed E-state index contributed by atoms with van der Waals surface area (Å²) in [7, 11) is 0. The molecule has 0 radical (unpaired) electrons. The van der Waals surface area contributed by atoms with Crippen LogP contribution in [-0.4, -0.2) is 56.0 Å². The molecular weight excluding hydrogens is 470 g/mol. The average Bonchev–Trinajstić information content (AvgIpc) is 2.75. The maximum absolute atomic E-state index is 3.23. The summed E-state index contributed by atoms with van der Waals surface area (Å²) in [5, 5.41) is 0. The van der Waals surface area contributed by atoms with Crippen LogP contribution >= 0.6 is 0 Å². The molecule has 4 heteroatoms. The van der Waals surface area contributed by atoms with Crippen LogP contribution in [0.2, 0.25) is 11.6 Å². The normalized spacial score (nSPS) is 21.9. The number of rotatable bonds is 4. The number of hydrogen-bond donors (Lipinski definition) is 0. The van der Waals surface area contributed by atoms with Crippen molar-refractivity contribution in [1.29, 1.82) is 0 Å². The van der Waals surface area contributed by atoms with Gasteiger partial charge in [-0.1, -0.05) is 0 Å². The Morgan fingerprint density at radius 1 is 0.733 bits per heavy atom.